The summed E-state index contributed by atoms with van der Waals surface area (Å²) in [5, 5.41) is 13.5. The molecule has 3 aliphatic heterocycles. The van der Waals surface area contributed by atoms with Crippen LogP contribution in [0.1, 0.15) is 48.3 Å². The lowest BCUT2D eigenvalue weighted by molar-refractivity contribution is 0.0256. The lowest BCUT2D eigenvalue weighted by atomic mass is 10.0. The molecule has 210 valence electrons. The summed E-state index contributed by atoms with van der Waals surface area (Å²) >= 11 is 0. The molecule has 0 bridgehead atoms. The predicted octanol–water partition coefficient (Wildman–Crippen LogP) is 4.52. The second kappa shape index (κ2) is 10.6. The first kappa shape index (κ1) is 26.3. The largest absolute Gasteiger partial charge is 0.483 e. The second-order valence-corrected chi connectivity index (χ2v) is 10.5. The van der Waals surface area contributed by atoms with E-state index in [1.54, 1.807) is 12.3 Å². The van der Waals surface area contributed by atoms with Crippen molar-refractivity contribution >= 4 is 12.2 Å². The van der Waals surface area contributed by atoms with E-state index < -0.39 is 35.6 Å². The molecule has 0 radical (unpaired) electrons. The fraction of sp³-hybridized carbons (Fsp3) is 0.429. The number of urea groups is 1. The summed E-state index contributed by atoms with van der Waals surface area (Å²) in [7, 11) is 0. The second-order valence-electron chi connectivity index (χ2n) is 10.5. The first-order valence-corrected chi connectivity index (χ1v) is 13.4. The average Bonchev–Trinajstić information content (AvgIpc) is 3.51. The van der Waals surface area contributed by atoms with Gasteiger partial charge in [0.05, 0.1) is 42.8 Å². The summed E-state index contributed by atoms with van der Waals surface area (Å²) in [4.78, 5) is 18.9. The summed E-state index contributed by atoms with van der Waals surface area (Å²) in [6.45, 7) is 6.26. The highest BCUT2D eigenvalue weighted by Gasteiger charge is 2.39. The number of nitrogens with zero attached hydrogens (tertiary/aromatic N) is 6. The molecule has 1 N–H and O–H groups in total. The normalized spacial score (nSPS) is 19.8. The van der Waals surface area contributed by atoms with E-state index >= 15 is 0 Å². The molecule has 40 heavy (non-hydrogen) atoms. The van der Waals surface area contributed by atoms with Gasteiger partial charge in [-0.2, -0.15) is 10.2 Å². The molecule has 3 aliphatic rings. The molecule has 1 atom stereocenters. The lowest BCUT2D eigenvalue weighted by Gasteiger charge is -2.41. The maximum atomic E-state index is 14.7. The van der Waals surface area contributed by atoms with Gasteiger partial charge in [0, 0.05) is 36.0 Å². The van der Waals surface area contributed by atoms with Crippen LogP contribution in [0.2, 0.25) is 0 Å². The van der Waals surface area contributed by atoms with Gasteiger partial charge < -0.3 is 15.0 Å². The summed E-state index contributed by atoms with van der Waals surface area (Å²) in [5.41, 5.74) is 3.57. The molecule has 0 spiro atoms. The summed E-state index contributed by atoms with van der Waals surface area (Å²) in [5.74, 6) is -1.96. The average molecular weight is 554 g/mol. The van der Waals surface area contributed by atoms with Crippen LogP contribution in [0.4, 0.5) is 18.0 Å². The quantitative estimate of drug-likeness (QED) is 0.502. The Morgan fingerprint density at radius 3 is 2.50 bits per heavy atom. The summed E-state index contributed by atoms with van der Waals surface area (Å²) < 4.78 is 50.2. The van der Waals surface area contributed by atoms with Crippen LogP contribution in [-0.2, 0) is 0 Å². The zero-order valence-electron chi connectivity index (χ0n) is 22.3. The molecule has 1 aromatic carbocycles. The van der Waals surface area contributed by atoms with Crippen molar-refractivity contribution in [2.24, 2.45) is 5.10 Å². The zero-order chi connectivity index (χ0) is 28.0. The first-order valence-electron chi connectivity index (χ1n) is 13.4. The third-order valence-electron chi connectivity index (χ3n) is 7.76. The number of likely N-dealkylation sites (tertiary alicyclic amines) is 1. The fourth-order valence-electron chi connectivity index (χ4n) is 5.72. The van der Waals surface area contributed by atoms with E-state index in [4.69, 9.17) is 9.84 Å². The molecular weight excluding hydrogens is 523 g/mol. The van der Waals surface area contributed by atoms with Crippen LogP contribution in [-0.4, -0.2) is 69.2 Å². The van der Waals surface area contributed by atoms with Gasteiger partial charge >= 0.3 is 6.03 Å². The number of carbonyl (C=O) groups is 1. The van der Waals surface area contributed by atoms with Crippen molar-refractivity contribution < 1.29 is 22.7 Å². The van der Waals surface area contributed by atoms with E-state index in [0.717, 1.165) is 55.1 Å². The Labute approximate surface area is 229 Å². The molecule has 0 aliphatic carbocycles. The van der Waals surface area contributed by atoms with Gasteiger partial charge in [-0.1, -0.05) is 0 Å². The van der Waals surface area contributed by atoms with E-state index in [2.05, 4.69) is 20.1 Å². The van der Waals surface area contributed by atoms with Gasteiger partial charge in [0.1, 0.15) is 17.7 Å². The summed E-state index contributed by atoms with van der Waals surface area (Å²) in [6, 6.07) is 4.08. The highest BCUT2D eigenvalue weighted by atomic mass is 19.1. The molecule has 2 amide bonds. The topological polar surface area (TPSA) is 87.9 Å². The third-order valence-corrected chi connectivity index (χ3v) is 7.76. The molecule has 0 unspecified atom stereocenters. The Kier molecular flexibility index (Phi) is 6.95. The number of pyridine rings is 1. The van der Waals surface area contributed by atoms with E-state index in [1.807, 2.05) is 13.8 Å². The predicted molar refractivity (Wildman–Crippen MR) is 141 cm³/mol. The minimum atomic E-state index is -0.713. The number of amides is 2. The van der Waals surface area contributed by atoms with Crippen LogP contribution in [0, 0.1) is 31.3 Å². The maximum absolute atomic E-state index is 14.7. The molecule has 6 rings (SSSR count). The molecular formula is C28H30F3N7O2. The summed E-state index contributed by atoms with van der Waals surface area (Å²) in [6.07, 6.45) is 4.60. The number of ether oxygens (including phenoxy) is 1. The number of hydrogen-bond acceptors (Lipinski definition) is 6. The number of aromatic nitrogens is 3. The van der Waals surface area contributed by atoms with Gasteiger partial charge in [0.25, 0.3) is 0 Å². The lowest BCUT2D eigenvalue weighted by Crippen LogP contribution is -2.58. The van der Waals surface area contributed by atoms with Crippen molar-refractivity contribution in [1.29, 1.82) is 0 Å². The minimum Gasteiger partial charge on any atom is -0.483 e. The molecule has 2 fully saturated rings. The third kappa shape index (κ3) is 4.91. The van der Waals surface area contributed by atoms with Crippen LogP contribution >= 0.6 is 0 Å². The number of rotatable bonds is 5. The fourth-order valence-corrected chi connectivity index (χ4v) is 5.72. The van der Waals surface area contributed by atoms with Gasteiger partial charge in [-0.3, -0.25) is 9.67 Å². The van der Waals surface area contributed by atoms with Crippen LogP contribution < -0.4 is 10.1 Å². The van der Waals surface area contributed by atoms with Crippen molar-refractivity contribution in [3.63, 3.8) is 0 Å². The number of nitrogens with one attached hydrogen (secondary N) is 1. The van der Waals surface area contributed by atoms with Crippen LogP contribution in [0.25, 0.3) is 11.3 Å². The van der Waals surface area contributed by atoms with E-state index in [9.17, 15) is 18.0 Å². The van der Waals surface area contributed by atoms with Crippen LogP contribution in [0.5, 0.6) is 5.75 Å². The standard InChI is InChI=1S/C28H30F3N7O2/c1-16-27(17(2)37(35-16)21-3-6-32-7-4-21)24-12-26(23(31)13-33-24)40-22-14-36(15-22)28(39)38-25(5-8-34-38)18-9-19(29)11-20(30)10-18/h8-13,21-22,25,32H,3-7,14-15H2,1-2H3/t25-/m0/s1. The van der Waals surface area contributed by atoms with Crippen molar-refractivity contribution in [2.75, 3.05) is 26.2 Å². The van der Waals surface area contributed by atoms with Gasteiger partial charge in [0.2, 0.25) is 0 Å². The van der Waals surface area contributed by atoms with Crippen molar-refractivity contribution in [3.8, 4) is 17.0 Å². The van der Waals surface area contributed by atoms with Gasteiger partial charge in [-0.25, -0.2) is 23.0 Å². The minimum absolute atomic E-state index is 0.0582. The molecule has 2 saturated heterocycles. The van der Waals surface area contributed by atoms with Gasteiger partial charge in [0.15, 0.2) is 11.6 Å². The highest BCUT2D eigenvalue weighted by Crippen LogP contribution is 2.34. The van der Waals surface area contributed by atoms with Crippen molar-refractivity contribution in [1.82, 2.24) is 30.0 Å². The van der Waals surface area contributed by atoms with Gasteiger partial charge in [-0.15, -0.1) is 0 Å². The molecule has 0 saturated carbocycles. The number of hydrazone groups is 1. The van der Waals surface area contributed by atoms with E-state index in [0.29, 0.717) is 23.7 Å². The molecule has 12 heteroatoms. The molecule has 9 nitrogen and oxygen atoms in total. The van der Waals surface area contributed by atoms with Crippen molar-refractivity contribution in [3.05, 3.63) is 64.9 Å². The Hall–Kier alpha value is -3.93. The number of carbonyl (C=O) groups excluding carboxylic acids is 1. The number of piperidine rings is 1. The number of hydrogen-bond donors (Lipinski definition) is 1. The smallest absolute Gasteiger partial charge is 0.341 e. The molecule has 3 aromatic rings. The van der Waals surface area contributed by atoms with E-state index in [-0.39, 0.29) is 18.8 Å². The SMILES string of the molecule is Cc1nn(C2CCNCC2)c(C)c1-c1cc(OC2CN(C(=O)N3N=CC[C@H]3c3cc(F)cc(F)c3)C2)c(F)cn1. The first-order chi connectivity index (χ1) is 19.3. The Morgan fingerprint density at radius 1 is 1.05 bits per heavy atom. The Bertz CT molecular complexity index is 1440. The number of aryl methyl sites for hydroxylation is 1. The van der Waals surface area contributed by atoms with Crippen LogP contribution in [0.15, 0.2) is 35.6 Å². The number of benzene rings is 1. The number of halogens is 3. The van der Waals surface area contributed by atoms with Crippen molar-refractivity contribution in [2.45, 2.75) is 51.3 Å². The Balaban J connectivity index is 1.13. The molecule has 5 heterocycles. The highest BCUT2D eigenvalue weighted by molar-refractivity contribution is 5.79. The van der Waals surface area contributed by atoms with E-state index in [1.165, 1.54) is 22.0 Å². The monoisotopic (exact) mass is 553 g/mol. The molecule has 2 aromatic heterocycles. The Morgan fingerprint density at radius 2 is 1.77 bits per heavy atom. The maximum Gasteiger partial charge on any atom is 0.341 e. The van der Waals surface area contributed by atoms with Crippen LogP contribution in [0.3, 0.4) is 0 Å². The zero-order valence-corrected chi connectivity index (χ0v) is 22.3. The van der Waals surface area contributed by atoms with Gasteiger partial charge in [-0.05, 0) is 57.5 Å².